The van der Waals surface area contributed by atoms with Gasteiger partial charge in [0, 0.05) is 0 Å². The highest BCUT2D eigenvalue weighted by Crippen LogP contribution is 2.48. The van der Waals surface area contributed by atoms with Gasteiger partial charge in [-0.15, -0.1) is 0 Å². The first-order chi connectivity index (χ1) is 13.6. The molecule has 3 rings (SSSR count). The Labute approximate surface area is 169 Å². The number of benzene rings is 1. The molecule has 0 amide bonds. The van der Waals surface area contributed by atoms with Crippen molar-refractivity contribution in [1.82, 2.24) is 0 Å². The van der Waals surface area contributed by atoms with Crippen molar-refractivity contribution in [2.24, 2.45) is 17.8 Å². The zero-order valence-corrected chi connectivity index (χ0v) is 17.5. The normalized spacial score (nSPS) is 25.8. The number of aliphatic hydroxyl groups is 1. The second-order valence-electron chi connectivity index (χ2n) is 8.61. The molecule has 0 saturated heterocycles. The fourth-order valence-corrected chi connectivity index (χ4v) is 5.30. The van der Waals surface area contributed by atoms with Gasteiger partial charge in [0.25, 0.3) is 0 Å². The zero-order chi connectivity index (χ0) is 19.9. The minimum Gasteiger partial charge on any atom is -0.482 e. The van der Waals surface area contributed by atoms with Gasteiger partial charge in [0.15, 0.2) is 6.61 Å². The van der Waals surface area contributed by atoms with E-state index in [-0.39, 0.29) is 18.7 Å². The Balaban J connectivity index is 1.59. The third-order valence-electron chi connectivity index (χ3n) is 6.81. The molecule has 1 aromatic carbocycles. The van der Waals surface area contributed by atoms with Crippen LogP contribution in [0, 0.1) is 17.8 Å². The summed E-state index contributed by atoms with van der Waals surface area (Å²) in [5.74, 6) is 1.98. The molecule has 4 heteroatoms. The van der Waals surface area contributed by atoms with Gasteiger partial charge in [0.2, 0.25) is 0 Å². The molecule has 0 heterocycles. The topological polar surface area (TPSA) is 55.8 Å². The Bertz CT molecular complexity index is 641. The molecule has 0 aliphatic heterocycles. The quantitative estimate of drug-likeness (QED) is 0.466. The summed E-state index contributed by atoms with van der Waals surface area (Å²) in [7, 11) is 1.38. The Morgan fingerprint density at radius 2 is 1.93 bits per heavy atom. The van der Waals surface area contributed by atoms with Gasteiger partial charge in [-0.05, 0) is 60.6 Å². The number of carbonyl (C=O) groups excluding carboxylic acids is 1. The maximum absolute atomic E-state index is 11.4. The highest BCUT2D eigenvalue weighted by Gasteiger charge is 2.44. The van der Waals surface area contributed by atoms with E-state index in [0.29, 0.717) is 17.8 Å². The van der Waals surface area contributed by atoms with Gasteiger partial charge in [-0.3, -0.25) is 0 Å². The fourth-order valence-electron chi connectivity index (χ4n) is 5.30. The van der Waals surface area contributed by atoms with E-state index in [4.69, 9.17) is 4.74 Å². The average Bonchev–Trinajstić information content (AvgIpc) is 3.01. The van der Waals surface area contributed by atoms with Gasteiger partial charge in [-0.2, -0.15) is 0 Å². The molecule has 0 radical (unpaired) electrons. The Morgan fingerprint density at radius 3 is 2.71 bits per heavy atom. The molecular formula is C24H36O4. The fraction of sp³-hybridized carbons (Fsp3) is 0.708. The van der Waals surface area contributed by atoms with Crippen LogP contribution < -0.4 is 4.74 Å². The van der Waals surface area contributed by atoms with E-state index >= 15 is 0 Å². The maximum Gasteiger partial charge on any atom is 0.343 e. The van der Waals surface area contributed by atoms with Crippen LogP contribution in [0.2, 0.25) is 0 Å². The second-order valence-corrected chi connectivity index (χ2v) is 8.61. The second kappa shape index (κ2) is 10.3. The molecule has 2 aliphatic rings. The average molecular weight is 389 g/mol. The van der Waals surface area contributed by atoms with Gasteiger partial charge in [0.05, 0.1) is 13.2 Å². The summed E-state index contributed by atoms with van der Waals surface area (Å²) in [5.41, 5.74) is 2.55. The van der Waals surface area contributed by atoms with Crippen LogP contribution in [-0.4, -0.2) is 30.9 Å². The molecule has 1 N–H and O–H groups in total. The SMILES string of the molecule is CCCCCCCCC1[C@H](O)C[C@@H]2Cc3c(cccc3OCC(=O)OC)C[C@H]12. The van der Waals surface area contributed by atoms with Crippen molar-refractivity contribution >= 4 is 5.97 Å². The van der Waals surface area contributed by atoms with Gasteiger partial charge in [0.1, 0.15) is 5.75 Å². The standard InChI is InChI=1S/C24H36O4/c1-3-4-5-6-7-8-11-19-20-13-17-10-9-12-23(28-16-24(26)27-2)21(17)14-18(20)15-22(19)25/h9-10,12,18-20,22,25H,3-8,11,13-16H2,1-2H3/t18-,19?,20-,22+/m0/s1. The molecule has 1 saturated carbocycles. The number of rotatable bonds is 10. The summed E-state index contributed by atoms with van der Waals surface area (Å²) in [4.78, 5) is 11.4. The van der Waals surface area contributed by atoms with Gasteiger partial charge < -0.3 is 14.6 Å². The highest BCUT2D eigenvalue weighted by atomic mass is 16.6. The van der Waals surface area contributed by atoms with Crippen LogP contribution in [0.25, 0.3) is 0 Å². The van der Waals surface area contributed by atoms with Gasteiger partial charge in [-0.25, -0.2) is 4.79 Å². The first kappa shape index (κ1) is 21.2. The van der Waals surface area contributed by atoms with Crippen LogP contribution in [0.3, 0.4) is 0 Å². The minimum absolute atomic E-state index is 0.0513. The van der Waals surface area contributed by atoms with Crippen LogP contribution in [0.15, 0.2) is 18.2 Å². The Hall–Kier alpha value is -1.55. The number of fused-ring (bicyclic) bond motifs is 2. The lowest BCUT2D eigenvalue weighted by molar-refractivity contribution is -0.142. The van der Waals surface area contributed by atoms with Crippen LogP contribution in [0.4, 0.5) is 0 Å². The van der Waals surface area contributed by atoms with Crippen LogP contribution >= 0.6 is 0 Å². The Morgan fingerprint density at radius 1 is 1.14 bits per heavy atom. The first-order valence-electron chi connectivity index (χ1n) is 11.1. The largest absolute Gasteiger partial charge is 0.482 e. The summed E-state index contributed by atoms with van der Waals surface area (Å²) >= 11 is 0. The summed E-state index contributed by atoms with van der Waals surface area (Å²) in [6.07, 6.45) is 11.7. The predicted octanol–water partition coefficient (Wildman–Crippen LogP) is 4.70. The number of hydrogen-bond acceptors (Lipinski definition) is 4. The van der Waals surface area contributed by atoms with Crippen molar-refractivity contribution in [3.63, 3.8) is 0 Å². The lowest BCUT2D eigenvalue weighted by Crippen LogP contribution is -2.27. The molecular weight excluding hydrogens is 352 g/mol. The smallest absolute Gasteiger partial charge is 0.343 e. The van der Waals surface area contributed by atoms with Crippen LogP contribution in [-0.2, 0) is 22.4 Å². The van der Waals surface area contributed by atoms with E-state index in [2.05, 4.69) is 17.7 Å². The molecule has 0 spiro atoms. The number of methoxy groups -OCH3 is 1. The number of aliphatic hydroxyl groups excluding tert-OH is 1. The maximum atomic E-state index is 11.4. The van der Waals surface area contributed by atoms with E-state index in [1.165, 1.54) is 56.8 Å². The number of esters is 1. The first-order valence-corrected chi connectivity index (χ1v) is 11.1. The van der Waals surface area contributed by atoms with E-state index in [1.807, 2.05) is 12.1 Å². The number of ether oxygens (including phenoxy) is 2. The molecule has 1 aromatic rings. The monoisotopic (exact) mass is 388 g/mol. The summed E-state index contributed by atoms with van der Waals surface area (Å²) in [5, 5.41) is 10.7. The molecule has 2 aliphatic carbocycles. The molecule has 4 atom stereocenters. The third-order valence-corrected chi connectivity index (χ3v) is 6.81. The van der Waals surface area contributed by atoms with E-state index in [1.54, 1.807) is 0 Å². The molecule has 28 heavy (non-hydrogen) atoms. The van der Waals surface area contributed by atoms with Gasteiger partial charge in [-0.1, -0.05) is 57.6 Å². The molecule has 1 fully saturated rings. The van der Waals surface area contributed by atoms with Crippen molar-refractivity contribution in [3.8, 4) is 5.75 Å². The van der Waals surface area contributed by atoms with E-state index < -0.39 is 0 Å². The predicted molar refractivity (Wildman–Crippen MR) is 110 cm³/mol. The molecule has 1 unspecified atom stereocenters. The van der Waals surface area contributed by atoms with Gasteiger partial charge >= 0.3 is 5.97 Å². The number of unbranched alkanes of at least 4 members (excludes halogenated alkanes) is 5. The Kier molecular flexibility index (Phi) is 7.78. The summed E-state index contributed by atoms with van der Waals surface area (Å²) < 4.78 is 10.4. The molecule has 0 aromatic heterocycles. The van der Waals surface area contributed by atoms with Crippen molar-refractivity contribution in [2.75, 3.05) is 13.7 Å². The molecule has 0 bridgehead atoms. The zero-order valence-electron chi connectivity index (χ0n) is 17.5. The van der Waals surface area contributed by atoms with E-state index in [0.717, 1.165) is 31.4 Å². The molecule has 156 valence electrons. The lowest BCUT2D eigenvalue weighted by Gasteiger charge is -2.32. The van der Waals surface area contributed by atoms with Crippen molar-refractivity contribution in [1.29, 1.82) is 0 Å². The highest BCUT2D eigenvalue weighted by molar-refractivity contribution is 5.71. The number of hydrogen-bond donors (Lipinski definition) is 1. The van der Waals surface area contributed by atoms with Crippen molar-refractivity contribution in [2.45, 2.75) is 77.2 Å². The lowest BCUT2D eigenvalue weighted by atomic mass is 9.73. The van der Waals surface area contributed by atoms with Crippen LogP contribution in [0.1, 0.15) is 69.4 Å². The number of carbonyl (C=O) groups is 1. The van der Waals surface area contributed by atoms with Crippen molar-refractivity contribution in [3.05, 3.63) is 29.3 Å². The molecule has 4 nitrogen and oxygen atoms in total. The summed E-state index contributed by atoms with van der Waals surface area (Å²) in [6.45, 7) is 2.20. The summed E-state index contributed by atoms with van der Waals surface area (Å²) in [6, 6.07) is 6.14. The minimum atomic E-state index is -0.360. The van der Waals surface area contributed by atoms with Crippen molar-refractivity contribution < 1.29 is 19.4 Å². The van der Waals surface area contributed by atoms with Crippen LogP contribution in [0.5, 0.6) is 5.75 Å². The van der Waals surface area contributed by atoms with E-state index in [9.17, 15) is 9.90 Å². The third kappa shape index (κ3) is 5.08.